The SMILES string of the molecule is Nc1nc(Nc2ccc(OCCN3CCCC3)cc2)nn1-c1cc2c(nn1)CCCCCC2. The number of hydrogen-bond donors (Lipinski definition) is 2. The predicted octanol–water partition coefficient (Wildman–Crippen LogP) is 3.52. The lowest BCUT2D eigenvalue weighted by Gasteiger charge is -2.15. The maximum absolute atomic E-state index is 6.15. The topological polar surface area (TPSA) is 107 Å². The minimum Gasteiger partial charge on any atom is -0.492 e. The van der Waals surface area contributed by atoms with E-state index in [1.54, 1.807) is 4.68 Å². The molecule has 0 spiro atoms. The Kier molecular flexibility index (Phi) is 6.66. The van der Waals surface area contributed by atoms with Gasteiger partial charge in [0.1, 0.15) is 12.4 Å². The Bertz CT molecular complexity index is 1060. The quantitative estimate of drug-likeness (QED) is 0.565. The number of aromatic nitrogens is 5. The second kappa shape index (κ2) is 10.2. The first-order chi connectivity index (χ1) is 16.2. The molecule has 1 aromatic carbocycles. The highest BCUT2D eigenvalue weighted by Crippen LogP contribution is 2.22. The third-order valence-electron chi connectivity index (χ3n) is 6.39. The lowest BCUT2D eigenvalue weighted by atomic mass is 9.98. The van der Waals surface area contributed by atoms with Gasteiger partial charge in [-0.25, -0.2) is 0 Å². The van der Waals surface area contributed by atoms with Crippen LogP contribution in [0, 0.1) is 0 Å². The summed E-state index contributed by atoms with van der Waals surface area (Å²) in [6.07, 6.45) is 9.47. The largest absolute Gasteiger partial charge is 0.492 e. The van der Waals surface area contributed by atoms with E-state index in [1.807, 2.05) is 24.3 Å². The van der Waals surface area contributed by atoms with E-state index in [1.165, 1.54) is 57.2 Å². The van der Waals surface area contributed by atoms with Gasteiger partial charge in [-0.05, 0) is 87.5 Å². The summed E-state index contributed by atoms with van der Waals surface area (Å²) in [5.74, 6) is 2.16. The number of nitrogens with two attached hydrogens (primary N) is 1. The van der Waals surface area contributed by atoms with Crippen molar-refractivity contribution in [2.24, 2.45) is 0 Å². The molecule has 3 aromatic rings. The molecule has 3 heterocycles. The molecule has 1 aliphatic carbocycles. The highest BCUT2D eigenvalue weighted by molar-refractivity contribution is 5.55. The fourth-order valence-electron chi connectivity index (χ4n) is 4.54. The van der Waals surface area contributed by atoms with Crippen molar-refractivity contribution >= 4 is 17.6 Å². The van der Waals surface area contributed by atoms with Crippen LogP contribution in [0.3, 0.4) is 0 Å². The molecule has 0 atom stereocenters. The molecule has 0 bridgehead atoms. The number of benzene rings is 1. The minimum absolute atomic E-state index is 0.277. The number of ether oxygens (including phenoxy) is 1. The number of aryl methyl sites for hydroxylation is 2. The van der Waals surface area contributed by atoms with Crippen molar-refractivity contribution < 1.29 is 4.74 Å². The van der Waals surface area contributed by atoms with Crippen molar-refractivity contribution in [1.29, 1.82) is 0 Å². The summed E-state index contributed by atoms with van der Waals surface area (Å²) in [5.41, 5.74) is 9.35. The van der Waals surface area contributed by atoms with Crippen LogP contribution < -0.4 is 15.8 Å². The van der Waals surface area contributed by atoms with Crippen LogP contribution in [0.1, 0.15) is 49.8 Å². The first kappa shape index (κ1) is 21.6. The van der Waals surface area contributed by atoms with Crippen molar-refractivity contribution in [2.75, 3.05) is 37.3 Å². The number of rotatable bonds is 7. The number of fused-ring (bicyclic) bond motifs is 1. The van der Waals surface area contributed by atoms with Gasteiger partial charge in [0.15, 0.2) is 5.82 Å². The third-order valence-corrected chi connectivity index (χ3v) is 6.39. The van der Waals surface area contributed by atoms with Crippen LogP contribution in [-0.4, -0.2) is 56.1 Å². The number of nitrogen functional groups attached to an aromatic ring is 1. The summed E-state index contributed by atoms with van der Waals surface area (Å²) >= 11 is 0. The van der Waals surface area contributed by atoms with Crippen LogP contribution in [0.5, 0.6) is 5.75 Å². The molecule has 3 N–H and O–H groups in total. The van der Waals surface area contributed by atoms with Gasteiger partial charge in [0.25, 0.3) is 0 Å². The van der Waals surface area contributed by atoms with E-state index in [4.69, 9.17) is 10.5 Å². The molecule has 0 amide bonds. The van der Waals surface area contributed by atoms with Gasteiger partial charge >= 0.3 is 0 Å². The van der Waals surface area contributed by atoms with E-state index >= 15 is 0 Å². The van der Waals surface area contributed by atoms with Gasteiger partial charge < -0.3 is 15.8 Å². The molecule has 1 aliphatic heterocycles. The van der Waals surface area contributed by atoms with Crippen LogP contribution in [0.2, 0.25) is 0 Å². The Morgan fingerprint density at radius 3 is 2.55 bits per heavy atom. The molecule has 9 nitrogen and oxygen atoms in total. The van der Waals surface area contributed by atoms with Crippen LogP contribution in [-0.2, 0) is 12.8 Å². The highest BCUT2D eigenvalue weighted by Gasteiger charge is 2.15. The first-order valence-electron chi connectivity index (χ1n) is 12.1. The lowest BCUT2D eigenvalue weighted by Crippen LogP contribution is -2.25. The van der Waals surface area contributed by atoms with Crippen LogP contribution >= 0.6 is 0 Å². The van der Waals surface area contributed by atoms with Gasteiger partial charge in [0.2, 0.25) is 11.9 Å². The molecule has 0 saturated carbocycles. The van der Waals surface area contributed by atoms with Crippen molar-refractivity contribution in [2.45, 2.75) is 51.4 Å². The van der Waals surface area contributed by atoms with Crippen molar-refractivity contribution in [3.05, 3.63) is 41.6 Å². The van der Waals surface area contributed by atoms with Crippen molar-refractivity contribution in [3.8, 4) is 11.6 Å². The fraction of sp³-hybridized carbons (Fsp3) is 0.500. The number of nitrogens with one attached hydrogen (secondary N) is 1. The summed E-state index contributed by atoms with van der Waals surface area (Å²) in [4.78, 5) is 6.80. The molecule has 1 saturated heterocycles. The van der Waals surface area contributed by atoms with E-state index in [9.17, 15) is 0 Å². The standard InChI is InChI=1S/C24H32N8O/c25-23-27-24(26-19-9-11-20(12-10-19)33-16-15-31-13-5-6-14-31)30-32(23)22-17-18-7-3-1-2-4-8-21(18)28-29-22/h9-12,17H,1-8,13-16H2,(H3,25,26,27,30). The first-order valence-corrected chi connectivity index (χ1v) is 12.1. The van der Waals surface area contributed by atoms with Gasteiger partial charge in [-0.1, -0.05) is 12.8 Å². The molecule has 5 rings (SSSR count). The molecule has 0 radical (unpaired) electrons. The molecule has 0 unspecified atom stereocenters. The molecular weight excluding hydrogens is 416 g/mol. The Labute approximate surface area is 194 Å². The summed E-state index contributed by atoms with van der Waals surface area (Å²) in [6.45, 7) is 4.06. The summed E-state index contributed by atoms with van der Waals surface area (Å²) in [6, 6.07) is 9.86. The van der Waals surface area contributed by atoms with E-state index in [0.29, 0.717) is 18.4 Å². The van der Waals surface area contributed by atoms with Gasteiger partial charge in [-0.3, -0.25) is 4.90 Å². The Balaban J connectivity index is 1.22. The molecule has 1 fully saturated rings. The minimum atomic E-state index is 0.277. The van der Waals surface area contributed by atoms with Gasteiger partial charge in [-0.15, -0.1) is 10.2 Å². The Morgan fingerprint density at radius 2 is 1.73 bits per heavy atom. The molecule has 2 aliphatic rings. The van der Waals surface area contributed by atoms with Crippen molar-refractivity contribution in [3.63, 3.8) is 0 Å². The molecule has 9 heteroatoms. The van der Waals surface area contributed by atoms with E-state index in [2.05, 4.69) is 36.6 Å². The van der Waals surface area contributed by atoms with E-state index in [0.717, 1.165) is 36.5 Å². The zero-order valence-corrected chi connectivity index (χ0v) is 19.0. The second-order valence-electron chi connectivity index (χ2n) is 8.84. The van der Waals surface area contributed by atoms with Gasteiger partial charge in [-0.2, -0.15) is 14.8 Å². The van der Waals surface area contributed by atoms with Crippen LogP contribution in [0.4, 0.5) is 17.6 Å². The fourth-order valence-corrected chi connectivity index (χ4v) is 4.54. The van der Waals surface area contributed by atoms with Crippen LogP contribution in [0.25, 0.3) is 5.82 Å². The number of anilines is 3. The van der Waals surface area contributed by atoms with Gasteiger partial charge in [0.05, 0.1) is 5.69 Å². The maximum Gasteiger partial charge on any atom is 0.248 e. The van der Waals surface area contributed by atoms with E-state index < -0.39 is 0 Å². The zero-order chi connectivity index (χ0) is 22.5. The molecular formula is C24H32N8O. The normalized spacial score (nSPS) is 16.7. The molecule has 174 valence electrons. The predicted molar refractivity (Wildman–Crippen MR) is 128 cm³/mol. The van der Waals surface area contributed by atoms with Crippen molar-refractivity contribution in [1.82, 2.24) is 29.9 Å². The smallest absolute Gasteiger partial charge is 0.248 e. The molecule has 2 aromatic heterocycles. The average molecular weight is 449 g/mol. The summed E-state index contributed by atoms with van der Waals surface area (Å²) in [7, 11) is 0. The Morgan fingerprint density at radius 1 is 0.939 bits per heavy atom. The highest BCUT2D eigenvalue weighted by atomic mass is 16.5. The maximum atomic E-state index is 6.15. The van der Waals surface area contributed by atoms with Gasteiger partial charge in [0, 0.05) is 12.2 Å². The number of hydrogen-bond acceptors (Lipinski definition) is 8. The summed E-state index contributed by atoms with van der Waals surface area (Å²) < 4.78 is 7.42. The summed E-state index contributed by atoms with van der Waals surface area (Å²) in [5, 5.41) is 16.5. The van der Waals surface area contributed by atoms with E-state index in [-0.39, 0.29) is 5.95 Å². The number of nitrogens with zero attached hydrogens (tertiary/aromatic N) is 6. The second-order valence-corrected chi connectivity index (χ2v) is 8.84. The number of likely N-dealkylation sites (tertiary alicyclic amines) is 1. The monoisotopic (exact) mass is 448 g/mol. The lowest BCUT2D eigenvalue weighted by molar-refractivity contribution is 0.238. The Hall–Kier alpha value is -3.20. The zero-order valence-electron chi connectivity index (χ0n) is 19.0. The van der Waals surface area contributed by atoms with Crippen LogP contribution in [0.15, 0.2) is 30.3 Å². The third kappa shape index (κ3) is 5.42. The molecule has 33 heavy (non-hydrogen) atoms. The average Bonchev–Trinajstić information content (AvgIpc) is 3.45.